The molecule has 0 saturated carbocycles. The van der Waals surface area contributed by atoms with Crippen molar-refractivity contribution in [3.63, 3.8) is 0 Å². The van der Waals surface area contributed by atoms with Gasteiger partial charge in [-0.25, -0.2) is 9.78 Å². The highest BCUT2D eigenvalue weighted by molar-refractivity contribution is 5.80. The number of benzene rings is 1. The lowest BCUT2D eigenvalue weighted by Gasteiger charge is -1.98. The molecule has 106 valence electrons. The second-order valence-corrected chi connectivity index (χ2v) is 4.73. The highest BCUT2D eigenvalue weighted by Crippen LogP contribution is 2.20. The number of nitrogens with zero attached hydrogens (tertiary/aromatic N) is 3. The Morgan fingerprint density at radius 2 is 2.00 bits per heavy atom. The Morgan fingerprint density at radius 3 is 2.86 bits per heavy atom. The summed E-state index contributed by atoms with van der Waals surface area (Å²) in [4.78, 5) is 20.5. The zero-order valence-corrected chi connectivity index (χ0v) is 11.4. The summed E-state index contributed by atoms with van der Waals surface area (Å²) in [6, 6.07) is 12.7. The summed E-state index contributed by atoms with van der Waals surface area (Å²) < 4.78 is 5.31. The van der Waals surface area contributed by atoms with E-state index in [2.05, 4.69) is 20.2 Å². The second-order valence-electron chi connectivity index (χ2n) is 4.73. The molecular weight excluding hydrogens is 280 g/mol. The van der Waals surface area contributed by atoms with E-state index in [-0.39, 0.29) is 0 Å². The molecular formula is C16H10N4O2. The van der Waals surface area contributed by atoms with Gasteiger partial charge in [0.25, 0.3) is 0 Å². The first-order valence-electron chi connectivity index (χ1n) is 6.67. The number of pyridine rings is 1. The topological polar surface area (TPSA) is 84.7 Å². The van der Waals surface area contributed by atoms with E-state index in [0.29, 0.717) is 22.8 Å². The Kier molecular flexibility index (Phi) is 2.79. The fourth-order valence-corrected chi connectivity index (χ4v) is 2.23. The van der Waals surface area contributed by atoms with Crippen molar-refractivity contribution in [2.24, 2.45) is 0 Å². The van der Waals surface area contributed by atoms with Crippen molar-refractivity contribution in [3.8, 4) is 22.8 Å². The molecule has 3 heterocycles. The number of hydrogen-bond donors (Lipinski definition) is 1. The maximum absolute atomic E-state index is 12.1. The first kappa shape index (κ1) is 12.5. The summed E-state index contributed by atoms with van der Waals surface area (Å²) in [7, 11) is 0. The van der Waals surface area contributed by atoms with Gasteiger partial charge in [-0.3, -0.25) is 10.1 Å². The normalized spacial score (nSPS) is 10.9. The largest absolute Gasteiger partial charge is 0.422 e. The van der Waals surface area contributed by atoms with Crippen molar-refractivity contribution < 1.29 is 4.42 Å². The van der Waals surface area contributed by atoms with E-state index >= 15 is 0 Å². The van der Waals surface area contributed by atoms with Gasteiger partial charge in [-0.1, -0.05) is 18.2 Å². The van der Waals surface area contributed by atoms with Gasteiger partial charge in [-0.15, -0.1) is 0 Å². The van der Waals surface area contributed by atoms with Gasteiger partial charge in [0.15, 0.2) is 11.6 Å². The minimum Gasteiger partial charge on any atom is -0.422 e. The number of aromatic amines is 1. The SMILES string of the molecule is O=c1oc2ccccc2cc1-c1nc(-c2cccnc2)n[nH]1. The summed E-state index contributed by atoms with van der Waals surface area (Å²) in [6.45, 7) is 0. The van der Waals surface area contributed by atoms with E-state index in [9.17, 15) is 4.79 Å². The molecule has 22 heavy (non-hydrogen) atoms. The zero-order chi connectivity index (χ0) is 14.9. The van der Waals surface area contributed by atoms with Crippen molar-refractivity contribution in [2.45, 2.75) is 0 Å². The van der Waals surface area contributed by atoms with Gasteiger partial charge in [0, 0.05) is 23.3 Å². The first-order chi connectivity index (χ1) is 10.8. The van der Waals surface area contributed by atoms with Crippen LogP contribution in [0.3, 0.4) is 0 Å². The molecule has 0 aliphatic carbocycles. The van der Waals surface area contributed by atoms with Gasteiger partial charge in [0.2, 0.25) is 0 Å². The Morgan fingerprint density at radius 1 is 1.09 bits per heavy atom. The third-order valence-corrected chi connectivity index (χ3v) is 3.30. The molecule has 0 bridgehead atoms. The average molecular weight is 290 g/mol. The second kappa shape index (κ2) is 4.92. The number of nitrogens with one attached hydrogen (secondary N) is 1. The van der Waals surface area contributed by atoms with E-state index < -0.39 is 5.63 Å². The van der Waals surface area contributed by atoms with Crippen LogP contribution in [0.15, 0.2) is 64.1 Å². The lowest BCUT2D eigenvalue weighted by molar-refractivity contribution is 0.563. The van der Waals surface area contributed by atoms with E-state index in [1.54, 1.807) is 30.6 Å². The van der Waals surface area contributed by atoms with Gasteiger partial charge >= 0.3 is 5.63 Å². The Balaban J connectivity index is 1.84. The Labute approximate surface area is 124 Å². The van der Waals surface area contributed by atoms with Crippen molar-refractivity contribution >= 4 is 11.0 Å². The average Bonchev–Trinajstić information content (AvgIpc) is 3.05. The standard InChI is InChI=1S/C16H10N4O2/c21-16-12(8-10-4-1-2-6-13(10)22-16)15-18-14(19-20-15)11-5-3-7-17-9-11/h1-9H,(H,18,19,20). The number of para-hydroxylation sites is 1. The van der Waals surface area contributed by atoms with Crippen LogP contribution in [0.5, 0.6) is 0 Å². The fourth-order valence-electron chi connectivity index (χ4n) is 2.23. The van der Waals surface area contributed by atoms with Crippen molar-refractivity contribution in [1.29, 1.82) is 0 Å². The van der Waals surface area contributed by atoms with E-state index in [4.69, 9.17) is 4.42 Å². The Bertz CT molecular complexity index is 1010. The molecule has 0 spiro atoms. The lowest BCUT2D eigenvalue weighted by Crippen LogP contribution is -2.03. The van der Waals surface area contributed by atoms with Crippen molar-refractivity contribution in [2.75, 3.05) is 0 Å². The molecule has 0 amide bonds. The molecule has 0 saturated heterocycles. The Hall–Kier alpha value is -3.28. The smallest absolute Gasteiger partial charge is 0.347 e. The number of fused-ring (bicyclic) bond motifs is 1. The van der Waals surface area contributed by atoms with Gasteiger partial charge in [0.05, 0.1) is 0 Å². The van der Waals surface area contributed by atoms with E-state index in [1.165, 1.54) is 0 Å². The van der Waals surface area contributed by atoms with E-state index in [0.717, 1.165) is 10.9 Å². The highest BCUT2D eigenvalue weighted by atomic mass is 16.4. The summed E-state index contributed by atoms with van der Waals surface area (Å²) in [5.41, 5.74) is 1.22. The molecule has 6 nitrogen and oxygen atoms in total. The molecule has 4 aromatic rings. The molecule has 0 radical (unpaired) electrons. The molecule has 4 rings (SSSR count). The van der Waals surface area contributed by atoms with Gasteiger partial charge < -0.3 is 4.42 Å². The third-order valence-electron chi connectivity index (χ3n) is 3.30. The lowest BCUT2D eigenvalue weighted by atomic mass is 10.2. The molecule has 1 N–H and O–H groups in total. The molecule has 1 aromatic carbocycles. The van der Waals surface area contributed by atoms with Crippen LogP contribution in [0.2, 0.25) is 0 Å². The van der Waals surface area contributed by atoms with Crippen LogP contribution >= 0.6 is 0 Å². The number of rotatable bonds is 2. The third kappa shape index (κ3) is 2.07. The van der Waals surface area contributed by atoms with Crippen LogP contribution in [-0.4, -0.2) is 20.2 Å². The zero-order valence-electron chi connectivity index (χ0n) is 11.4. The molecule has 6 heteroatoms. The predicted octanol–water partition coefficient (Wildman–Crippen LogP) is 2.64. The van der Waals surface area contributed by atoms with Crippen LogP contribution < -0.4 is 5.63 Å². The summed E-state index contributed by atoms with van der Waals surface area (Å²) in [6.07, 6.45) is 3.34. The first-order valence-corrected chi connectivity index (χ1v) is 6.67. The monoisotopic (exact) mass is 290 g/mol. The van der Waals surface area contributed by atoms with Crippen molar-refractivity contribution in [1.82, 2.24) is 20.2 Å². The van der Waals surface area contributed by atoms with Gasteiger partial charge in [0.1, 0.15) is 11.1 Å². The predicted molar refractivity (Wildman–Crippen MR) is 81.1 cm³/mol. The molecule has 0 aliphatic heterocycles. The summed E-state index contributed by atoms with van der Waals surface area (Å²) in [5, 5.41) is 7.73. The van der Waals surface area contributed by atoms with Gasteiger partial charge in [-0.2, -0.15) is 5.10 Å². The number of aromatic nitrogens is 4. The van der Waals surface area contributed by atoms with Gasteiger partial charge in [-0.05, 0) is 24.3 Å². The summed E-state index contributed by atoms with van der Waals surface area (Å²) in [5.74, 6) is 0.856. The minimum absolute atomic E-state index is 0.348. The van der Waals surface area contributed by atoms with Crippen LogP contribution in [0, 0.1) is 0 Å². The van der Waals surface area contributed by atoms with Crippen LogP contribution in [-0.2, 0) is 0 Å². The van der Waals surface area contributed by atoms with Crippen LogP contribution in [0.4, 0.5) is 0 Å². The number of hydrogen-bond acceptors (Lipinski definition) is 5. The molecule has 0 fully saturated rings. The van der Waals surface area contributed by atoms with Crippen molar-refractivity contribution in [3.05, 3.63) is 65.3 Å². The summed E-state index contributed by atoms with van der Waals surface area (Å²) >= 11 is 0. The minimum atomic E-state index is -0.451. The van der Waals surface area contributed by atoms with Crippen LogP contribution in [0.1, 0.15) is 0 Å². The maximum Gasteiger partial charge on any atom is 0.347 e. The molecule has 0 atom stereocenters. The maximum atomic E-state index is 12.1. The number of H-pyrrole nitrogens is 1. The molecule has 0 unspecified atom stereocenters. The highest BCUT2D eigenvalue weighted by Gasteiger charge is 2.13. The quantitative estimate of drug-likeness (QED) is 0.574. The van der Waals surface area contributed by atoms with E-state index in [1.807, 2.05) is 24.3 Å². The van der Waals surface area contributed by atoms with Crippen LogP contribution in [0.25, 0.3) is 33.7 Å². The molecule has 0 aliphatic rings. The fraction of sp³-hybridized carbons (Fsp3) is 0. The molecule has 3 aromatic heterocycles.